The van der Waals surface area contributed by atoms with Crippen molar-refractivity contribution in [1.29, 1.82) is 0 Å². The van der Waals surface area contributed by atoms with Crippen LogP contribution >= 0.6 is 12.4 Å². The van der Waals surface area contributed by atoms with E-state index >= 15 is 0 Å². The number of likely N-dealkylation sites (tertiary alicyclic amines) is 1. The first-order valence-corrected chi connectivity index (χ1v) is 6.44. The van der Waals surface area contributed by atoms with Crippen LogP contribution in [0.25, 0.3) is 0 Å². The number of rotatable bonds is 5. The highest BCUT2D eigenvalue weighted by Gasteiger charge is 2.11. The summed E-state index contributed by atoms with van der Waals surface area (Å²) >= 11 is 0. The third-order valence-electron chi connectivity index (χ3n) is 3.26. The van der Waals surface area contributed by atoms with Crippen LogP contribution < -0.4 is 10.1 Å². The Balaban J connectivity index is 0.00000180. The Morgan fingerprint density at radius 3 is 2.47 bits per heavy atom. The van der Waals surface area contributed by atoms with Gasteiger partial charge in [-0.05, 0) is 50.2 Å². The Labute approximate surface area is 120 Å². The van der Waals surface area contributed by atoms with Crippen LogP contribution in [-0.2, 0) is 0 Å². The van der Waals surface area contributed by atoms with E-state index in [1.807, 2.05) is 0 Å². The summed E-state index contributed by atoms with van der Waals surface area (Å²) in [4.78, 5) is 14.2. The largest absolute Gasteiger partial charge is 0.497 e. The van der Waals surface area contributed by atoms with Gasteiger partial charge in [-0.25, -0.2) is 0 Å². The minimum atomic E-state index is -0.0168. The molecule has 0 saturated carbocycles. The van der Waals surface area contributed by atoms with Gasteiger partial charge in [-0.3, -0.25) is 4.79 Å². The van der Waals surface area contributed by atoms with Crippen LogP contribution in [0.15, 0.2) is 24.3 Å². The second kappa shape index (κ2) is 8.02. The van der Waals surface area contributed by atoms with Crippen molar-refractivity contribution in [1.82, 2.24) is 10.2 Å². The molecule has 1 amide bonds. The lowest BCUT2D eigenvalue weighted by atomic mass is 10.2. The maximum Gasteiger partial charge on any atom is 0.251 e. The molecule has 0 atom stereocenters. The molecule has 2 rings (SSSR count). The summed E-state index contributed by atoms with van der Waals surface area (Å²) in [5, 5.41) is 2.94. The molecule has 1 N–H and O–H groups in total. The molecular weight excluding hydrogens is 264 g/mol. The van der Waals surface area contributed by atoms with Crippen LogP contribution in [0.5, 0.6) is 5.75 Å². The number of hydrogen-bond donors (Lipinski definition) is 1. The number of amides is 1. The minimum Gasteiger partial charge on any atom is -0.497 e. The average molecular weight is 285 g/mol. The van der Waals surface area contributed by atoms with Crippen molar-refractivity contribution in [3.8, 4) is 5.75 Å². The van der Waals surface area contributed by atoms with Crippen LogP contribution in [0, 0.1) is 0 Å². The molecule has 4 nitrogen and oxygen atoms in total. The second-order valence-corrected chi connectivity index (χ2v) is 4.53. The summed E-state index contributed by atoms with van der Waals surface area (Å²) in [5.74, 6) is 0.750. The highest BCUT2D eigenvalue weighted by Crippen LogP contribution is 2.11. The number of benzene rings is 1. The van der Waals surface area contributed by atoms with Gasteiger partial charge in [0.05, 0.1) is 7.11 Å². The monoisotopic (exact) mass is 284 g/mol. The molecule has 5 heteroatoms. The predicted octanol–water partition coefficient (Wildman–Crippen LogP) is 1.94. The van der Waals surface area contributed by atoms with Crippen LogP contribution in [0.2, 0.25) is 0 Å². The third-order valence-corrected chi connectivity index (χ3v) is 3.26. The third kappa shape index (κ3) is 4.73. The van der Waals surface area contributed by atoms with Crippen LogP contribution in [-0.4, -0.2) is 44.1 Å². The predicted molar refractivity (Wildman–Crippen MR) is 78.2 cm³/mol. The lowest BCUT2D eigenvalue weighted by molar-refractivity contribution is 0.0949. The van der Waals surface area contributed by atoms with Gasteiger partial charge in [0.15, 0.2) is 0 Å². The maximum absolute atomic E-state index is 11.8. The number of hydrogen-bond acceptors (Lipinski definition) is 3. The van der Waals surface area contributed by atoms with E-state index in [0.717, 1.165) is 12.3 Å². The molecular formula is C14H21ClN2O2. The van der Waals surface area contributed by atoms with Crippen LogP contribution in [0.1, 0.15) is 23.2 Å². The molecule has 19 heavy (non-hydrogen) atoms. The van der Waals surface area contributed by atoms with E-state index in [9.17, 15) is 4.79 Å². The fourth-order valence-electron chi connectivity index (χ4n) is 2.18. The number of halogens is 1. The van der Waals surface area contributed by atoms with E-state index in [1.54, 1.807) is 31.4 Å². The zero-order chi connectivity index (χ0) is 12.8. The molecule has 0 aliphatic carbocycles. The lowest BCUT2D eigenvalue weighted by Crippen LogP contribution is -2.33. The van der Waals surface area contributed by atoms with Crippen molar-refractivity contribution in [3.63, 3.8) is 0 Å². The minimum absolute atomic E-state index is 0. The van der Waals surface area contributed by atoms with Gasteiger partial charge in [0.1, 0.15) is 5.75 Å². The van der Waals surface area contributed by atoms with Crippen molar-refractivity contribution >= 4 is 18.3 Å². The summed E-state index contributed by atoms with van der Waals surface area (Å²) in [6.45, 7) is 3.99. The molecule has 0 unspecified atom stereocenters. The van der Waals surface area contributed by atoms with E-state index in [0.29, 0.717) is 12.1 Å². The quantitative estimate of drug-likeness (QED) is 0.898. The van der Waals surface area contributed by atoms with E-state index in [1.165, 1.54) is 25.9 Å². The zero-order valence-electron chi connectivity index (χ0n) is 11.2. The van der Waals surface area contributed by atoms with E-state index < -0.39 is 0 Å². The second-order valence-electron chi connectivity index (χ2n) is 4.53. The number of carbonyl (C=O) groups is 1. The van der Waals surface area contributed by atoms with Gasteiger partial charge in [-0.1, -0.05) is 0 Å². The molecule has 1 aliphatic rings. The lowest BCUT2D eigenvalue weighted by Gasteiger charge is -2.14. The molecule has 1 saturated heterocycles. The summed E-state index contributed by atoms with van der Waals surface area (Å²) < 4.78 is 5.06. The molecule has 0 bridgehead atoms. The number of nitrogens with one attached hydrogen (secondary N) is 1. The van der Waals surface area contributed by atoms with E-state index in [-0.39, 0.29) is 18.3 Å². The number of methoxy groups -OCH3 is 1. The Hall–Kier alpha value is -1.26. The number of carbonyl (C=O) groups excluding carboxylic acids is 1. The van der Waals surface area contributed by atoms with Crippen LogP contribution in [0.4, 0.5) is 0 Å². The molecule has 1 fully saturated rings. The summed E-state index contributed by atoms with van der Waals surface area (Å²) in [6.07, 6.45) is 2.57. The van der Waals surface area contributed by atoms with Gasteiger partial charge < -0.3 is 15.0 Å². The van der Waals surface area contributed by atoms with Crippen molar-refractivity contribution in [3.05, 3.63) is 29.8 Å². The smallest absolute Gasteiger partial charge is 0.251 e. The normalized spacial score (nSPS) is 14.8. The Morgan fingerprint density at radius 1 is 1.26 bits per heavy atom. The van der Waals surface area contributed by atoms with Crippen molar-refractivity contribution in [2.45, 2.75) is 12.8 Å². The van der Waals surface area contributed by atoms with Gasteiger partial charge in [0.2, 0.25) is 0 Å². The highest BCUT2D eigenvalue weighted by molar-refractivity contribution is 5.94. The molecule has 1 aliphatic heterocycles. The molecule has 1 heterocycles. The molecule has 0 spiro atoms. The van der Waals surface area contributed by atoms with Gasteiger partial charge >= 0.3 is 0 Å². The van der Waals surface area contributed by atoms with E-state index in [4.69, 9.17) is 4.74 Å². The standard InChI is InChI=1S/C14H20N2O2.ClH/c1-18-13-6-4-12(5-7-13)14(17)15-8-11-16-9-2-3-10-16;/h4-7H,2-3,8-11H2,1H3,(H,15,17);1H. The highest BCUT2D eigenvalue weighted by atomic mass is 35.5. The summed E-state index contributed by atoms with van der Waals surface area (Å²) in [7, 11) is 1.62. The number of ether oxygens (including phenoxy) is 1. The average Bonchev–Trinajstić information content (AvgIpc) is 2.92. The maximum atomic E-state index is 11.8. The van der Waals surface area contributed by atoms with Crippen molar-refractivity contribution < 1.29 is 9.53 Å². The molecule has 0 radical (unpaired) electrons. The fraction of sp³-hybridized carbons (Fsp3) is 0.500. The first-order valence-electron chi connectivity index (χ1n) is 6.44. The van der Waals surface area contributed by atoms with Gasteiger partial charge in [-0.2, -0.15) is 0 Å². The van der Waals surface area contributed by atoms with Crippen molar-refractivity contribution in [2.75, 3.05) is 33.3 Å². The Kier molecular flexibility index (Phi) is 6.67. The molecule has 106 valence electrons. The SMILES string of the molecule is COc1ccc(C(=O)NCCN2CCCC2)cc1.Cl. The Morgan fingerprint density at radius 2 is 1.89 bits per heavy atom. The van der Waals surface area contributed by atoms with Gasteiger partial charge in [-0.15, -0.1) is 12.4 Å². The first-order chi connectivity index (χ1) is 8.79. The number of nitrogens with zero attached hydrogens (tertiary/aromatic N) is 1. The Bertz CT molecular complexity index is 389. The van der Waals surface area contributed by atoms with Crippen LogP contribution in [0.3, 0.4) is 0 Å². The molecule has 0 aromatic heterocycles. The first kappa shape index (κ1) is 15.8. The van der Waals surface area contributed by atoms with Gasteiger partial charge in [0, 0.05) is 18.7 Å². The topological polar surface area (TPSA) is 41.6 Å². The van der Waals surface area contributed by atoms with Gasteiger partial charge in [0.25, 0.3) is 5.91 Å². The summed E-state index contributed by atoms with van der Waals surface area (Å²) in [5.41, 5.74) is 0.678. The van der Waals surface area contributed by atoms with Crippen molar-refractivity contribution in [2.24, 2.45) is 0 Å². The van der Waals surface area contributed by atoms with E-state index in [2.05, 4.69) is 10.2 Å². The fourth-order valence-corrected chi connectivity index (χ4v) is 2.18. The molecule has 1 aromatic carbocycles. The molecule has 1 aromatic rings. The zero-order valence-corrected chi connectivity index (χ0v) is 12.0. The summed E-state index contributed by atoms with van der Waals surface area (Å²) in [6, 6.07) is 7.17.